The van der Waals surface area contributed by atoms with E-state index in [1.54, 1.807) is 0 Å². The van der Waals surface area contributed by atoms with Crippen molar-refractivity contribution in [3.8, 4) is 0 Å². The molecule has 1 atom stereocenters. The van der Waals surface area contributed by atoms with Crippen LogP contribution in [0.4, 0.5) is 5.69 Å². The van der Waals surface area contributed by atoms with Crippen LogP contribution in [0.3, 0.4) is 0 Å². The Morgan fingerprint density at radius 2 is 2.11 bits per heavy atom. The average Bonchev–Trinajstić information content (AvgIpc) is 3.14. The van der Waals surface area contributed by atoms with Gasteiger partial charge >= 0.3 is 0 Å². The zero-order valence-corrected chi connectivity index (χ0v) is 17.3. The number of ether oxygens (including phenoxy) is 1. The molecular weight excluding hydrogens is 336 g/mol. The molecule has 2 aliphatic rings. The van der Waals surface area contributed by atoms with E-state index in [9.17, 15) is 0 Å². The largest absolute Gasteiger partial charge is 0.381 e. The topological polar surface area (TPSA) is 40.1 Å². The Kier molecular flexibility index (Phi) is 7.39. The van der Waals surface area contributed by atoms with Crippen molar-refractivity contribution >= 4 is 11.6 Å². The van der Waals surface area contributed by atoms with E-state index in [-0.39, 0.29) is 0 Å². The number of anilines is 1. The third kappa shape index (κ3) is 5.38. The van der Waals surface area contributed by atoms with E-state index >= 15 is 0 Å². The lowest BCUT2D eigenvalue weighted by Gasteiger charge is -2.29. The highest BCUT2D eigenvalue weighted by Gasteiger charge is 2.23. The first kappa shape index (κ1) is 20.0. The normalized spacial score (nSPS) is 19.1. The van der Waals surface area contributed by atoms with Crippen molar-refractivity contribution in [2.75, 3.05) is 51.3 Å². The van der Waals surface area contributed by atoms with Gasteiger partial charge in [0.25, 0.3) is 0 Å². The van der Waals surface area contributed by atoms with Gasteiger partial charge in [-0.2, -0.15) is 0 Å². The highest BCUT2D eigenvalue weighted by atomic mass is 16.5. The van der Waals surface area contributed by atoms with Crippen LogP contribution in [-0.4, -0.2) is 63.3 Å². The van der Waals surface area contributed by atoms with Gasteiger partial charge in [0.2, 0.25) is 0 Å². The molecular formula is C22H36N4O. The summed E-state index contributed by atoms with van der Waals surface area (Å²) in [5.41, 5.74) is 2.85. The third-order valence-electron chi connectivity index (χ3n) is 5.87. The molecule has 0 spiro atoms. The Labute approximate surface area is 164 Å². The van der Waals surface area contributed by atoms with Gasteiger partial charge in [0.15, 0.2) is 5.96 Å². The maximum atomic E-state index is 5.48. The van der Waals surface area contributed by atoms with Gasteiger partial charge in [0.1, 0.15) is 0 Å². The SMILES string of the molecule is CCNC(=NCC(C)N1CCc2ccccc21)N(C)CCC1CCOCC1. The fraction of sp³-hybridized carbons (Fsp3) is 0.682. The van der Waals surface area contributed by atoms with Crippen LogP contribution in [0.25, 0.3) is 0 Å². The number of hydrogen-bond acceptors (Lipinski definition) is 3. The number of benzene rings is 1. The molecule has 0 amide bonds. The minimum atomic E-state index is 0.409. The number of hydrogen-bond donors (Lipinski definition) is 1. The van der Waals surface area contributed by atoms with E-state index in [1.165, 1.54) is 30.5 Å². The quantitative estimate of drug-likeness (QED) is 0.590. The van der Waals surface area contributed by atoms with Gasteiger partial charge in [-0.25, -0.2) is 0 Å². The number of guanidine groups is 1. The Morgan fingerprint density at radius 1 is 1.33 bits per heavy atom. The van der Waals surface area contributed by atoms with Crippen molar-refractivity contribution < 1.29 is 4.74 Å². The maximum absolute atomic E-state index is 5.48. The van der Waals surface area contributed by atoms with Crippen LogP contribution in [0.2, 0.25) is 0 Å². The van der Waals surface area contributed by atoms with E-state index in [1.807, 2.05) is 0 Å². The van der Waals surface area contributed by atoms with Gasteiger partial charge in [-0.1, -0.05) is 18.2 Å². The number of para-hydroxylation sites is 1. The van der Waals surface area contributed by atoms with E-state index < -0.39 is 0 Å². The van der Waals surface area contributed by atoms with Crippen molar-refractivity contribution in [1.29, 1.82) is 0 Å². The van der Waals surface area contributed by atoms with Crippen LogP contribution in [-0.2, 0) is 11.2 Å². The van der Waals surface area contributed by atoms with Gasteiger partial charge in [-0.05, 0) is 57.1 Å². The molecule has 1 saturated heterocycles. The van der Waals surface area contributed by atoms with E-state index in [2.05, 4.69) is 60.3 Å². The van der Waals surface area contributed by atoms with E-state index in [0.717, 1.165) is 57.7 Å². The van der Waals surface area contributed by atoms with E-state index in [0.29, 0.717) is 6.04 Å². The Balaban J connectivity index is 1.54. The predicted molar refractivity (Wildman–Crippen MR) is 114 cm³/mol. The molecule has 0 aromatic heterocycles. The smallest absolute Gasteiger partial charge is 0.193 e. The summed E-state index contributed by atoms with van der Waals surface area (Å²) in [6.07, 6.45) is 4.77. The molecule has 0 aliphatic carbocycles. The second kappa shape index (κ2) is 9.98. The zero-order valence-electron chi connectivity index (χ0n) is 17.3. The standard InChI is InChI=1S/C22H36N4O/c1-4-23-22(25(3)13-9-19-11-15-27-16-12-19)24-17-18(2)26-14-10-20-7-5-6-8-21(20)26/h5-8,18-19H,4,9-17H2,1-3H3,(H,23,24). The fourth-order valence-electron chi connectivity index (χ4n) is 4.13. The number of nitrogens with one attached hydrogen (secondary N) is 1. The minimum Gasteiger partial charge on any atom is -0.381 e. The molecule has 2 heterocycles. The Hall–Kier alpha value is -1.75. The molecule has 1 aromatic carbocycles. The fourth-order valence-corrected chi connectivity index (χ4v) is 4.13. The molecule has 2 aliphatic heterocycles. The van der Waals surface area contributed by atoms with Crippen LogP contribution in [0, 0.1) is 5.92 Å². The summed E-state index contributed by atoms with van der Waals surface area (Å²) < 4.78 is 5.48. The van der Waals surface area contributed by atoms with Crippen LogP contribution in [0.1, 0.15) is 38.7 Å². The molecule has 5 nitrogen and oxygen atoms in total. The van der Waals surface area contributed by atoms with Crippen molar-refractivity contribution in [2.24, 2.45) is 10.9 Å². The van der Waals surface area contributed by atoms with Crippen molar-refractivity contribution in [3.63, 3.8) is 0 Å². The second-order valence-electron chi connectivity index (χ2n) is 7.88. The molecule has 3 rings (SSSR count). The van der Waals surface area contributed by atoms with Gasteiger partial charge in [0.05, 0.1) is 6.54 Å². The summed E-state index contributed by atoms with van der Waals surface area (Å²) in [6, 6.07) is 9.18. The molecule has 5 heteroatoms. The Morgan fingerprint density at radius 3 is 2.89 bits per heavy atom. The summed E-state index contributed by atoms with van der Waals surface area (Å²) in [5.74, 6) is 1.83. The highest BCUT2D eigenvalue weighted by Crippen LogP contribution is 2.29. The van der Waals surface area contributed by atoms with Crippen LogP contribution < -0.4 is 10.2 Å². The number of rotatable bonds is 7. The molecule has 0 saturated carbocycles. The molecule has 27 heavy (non-hydrogen) atoms. The lowest BCUT2D eigenvalue weighted by atomic mass is 9.96. The van der Waals surface area contributed by atoms with Gasteiger partial charge < -0.3 is 19.9 Å². The number of fused-ring (bicyclic) bond motifs is 1. The molecule has 1 unspecified atom stereocenters. The lowest BCUT2D eigenvalue weighted by molar-refractivity contribution is 0.0625. The van der Waals surface area contributed by atoms with Crippen molar-refractivity contribution in [3.05, 3.63) is 29.8 Å². The van der Waals surface area contributed by atoms with Crippen LogP contribution in [0.5, 0.6) is 0 Å². The molecule has 1 fully saturated rings. The zero-order chi connectivity index (χ0) is 19.1. The highest BCUT2D eigenvalue weighted by molar-refractivity contribution is 5.79. The van der Waals surface area contributed by atoms with Crippen LogP contribution >= 0.6 is 0 Å². The summed E-state index contributed by atoms with van der Waals surface area (Å²) >= 11 is 0. The lowest BCUT2D eigenvalue weighted by Crippen LogP contribution is -2.41. The first-order valence-electron chi connectivity index (χ1n) is 10.6. The first-order valence-corrected chi connectivity index (χ1v) is 10.6. The third-order valence-corrected chi connectivity index (χ3v) is 5.87. The molecule has 1 aromatic rings. The summed E-state index contributed by atoms with van der Waals surface area (Å²) in [5, 5.41) is 3.47. The summed E-state index contributed by atoms with van der Waals surface area (Å²) in [4.78, 5) is 9.76. The second-order valence-corrected chi connectivity index (χ2v) is 7.88. The summed E-state index contributed by atoms with van der Waals surface area (Å²) in [7, 11) is 2.16. The van der Waals surface area contributed by atoms with E-state index in [4.69, 9.17) is 9.73 Å². The van der Waals surface area contributed by atoms with Crippen molar-refractivity contribution in [1.82, 2.24) is 10.2 Å². The molecule has 0 bridgehead atoms. The Bertz CT molecular complexity index is 612. The van der Waals surface area contributed by atoms with Gasteiger partial charge in [0, 0.05) is 51.6 Å². The number of aliphatic imine (C=N–C) groups is 1. The van der Waals surface area contributed by atoms with Crippen molar-refractivity contribution in [2.45, 2.75) is 45.6 Å². The summed E-state index contributed by atoms with van der Waals surface area (Å²) in [6.45, 7) is 10.2. The van der Waals surface area contributed by atoms with Gasteiger partial charge in [-0.15, -0.1) is 0 Å². The average molecular weight is 373 g/mol. The molecule has 0 radical (unpaired) electrons. The van der Waals surface area contributed by atoms with Gasteiger partial charge in [-0.3, -0.25) is 4.99 Å². The van der Waals surface area contributed by atoms with Crippen LogP contribution in [0.15, 0.2) is 29.3 Å². The molecule has 1 N–H and O–H groups in total. The monoisotopic (exact) mass is 372 g/mol. The predicted octanol–water partition coefficient (Wildman–Crippen LogP) is 3.15. The number of nitrogens with zero attached hydrogens (tertiary/aromatic N) is 3. The molecule has 150 valence electrons. The minimum absolute atomic E-state index is 0.409. The maximum Gasteiger partial charge on any atom is 0.193 e. The first-order chi connectivity index (χ1) is 13.2.